The minimum absolute atomic E-state index is 0.103. The lowest BCUT2D eigenvalue weighted by Gasteiger charge is -2.22. The third-order valence-corrected chi connectivity index (χ3v) is 3.30. The van der Waals surface area contributed by atoms with E-state index in [4.69, 9.17) is 0 Å². The van der Waals surface area contributed by atoms with Crippen molar-refractivity contribution in [2.75, 3.05) is 11.4 Å². The highest BCUT2D eigenvalue weighted by Gasteiger charge is 2.26. The van der Waals surface area contributed by atoms with Gasteiger partial charge in [-0.1, -0.05) is 17.7 Å². The Bertz CT molecular complexity index is 399. The van der Waals surface area contributed by atoms with E-state index < -0.39 is 0 Å². The Morgan fingerprint density at radius 2 is 1.88 bits per heavy atom. The normalized spacial score (nSPS) is 25.8. The van der Waals surface area contributed by atoms with Crippen LogP contribution in [0.3, 0.4) is 0 Å². The Balaban J connectivity index is 2.24. The van der Waals surface area contributed by atoms with Gasteiger partial charge in [0.25, 0.3) is 0 Å². The Labute approximate surface area is 103 Å². The molecule has 3 nitrogen and oxygen atoms in total. The van der Waals surface area contributed by atoms with Gasteiger partial charge in [-0.2, -0.15) is 0 Å². The smallest absolute Gasteiger partial charge is 0.243 e. The van der Waals surface area contributed by atoms with Crippen LogP contribution >= 0.6 is 0 Å². The second-order valence-electron chi connectivity index (χ2n) is 4.90. The van der Waals surface area contributed by atoms with E-state index in [0.717, 1.165) is 18.7 Å². The predicted octanol–water partition coefficient (Wildman–Crippen LogP) is 2.10. The van der Waals surface area contributed by atoms with Crippen molar-refractivity contribution < 1.29 is 4.79 Å². The van der Waals surface area contributed by atoms with E-state index in [1.165, 1.54) is 5.56 Å². The number of benzene rings is 1. The summed E-state index contributed by atoms with van der Waals surface area (Å²) in [7, 11) is 0. The van der Waals surface area contributed by atoms with Gasteiger partial charge < -0.3 is 10.2 Å². The maximum Gasteiger partial charge on any atom is 0.243 e. The molecule has 17 heavy (non-hydrogen) atoms. The zero-order valence-corrected chi connectivity index (χ0v) is 10.7. The lowest BCUT2D eigenvalue weighted by molar-refractivity contribution is -0.119. The van der Waals surface area contributed by atoms with Crippen molar-refractivity contribution >= 4 is 11.6 Å². The molecule has 2 atom stereocenters. The fourth-order valence-electron chi connectivity index (χ4n) is 2.23. The molecular weight excluding hydrogens is 212 g/mol. The summed E-state index contributed by atoms with van der Waals surface area (Å²) in [6, 6.07) is 8.44. The fourth-order valence-corrected chi connectivity index (χ4v) is 2.23. The number of nitrogens with zero attached hydrogens (tertiary/aromatic N) is 1. The molecule has 92 valence electrons. The van der Waals surface area contributed by atoms with E-state index in [2.05, 4.69) is 31.3 Å². The monoisotopic (exact) mass is 232 g/mol. The van der Waals surface area contributed by atoms with Crippen molar-refractivity contribution in [2.45, 2.75) is 39.3 Å². The van der Waals surface area contributed by atoms with E-state index in [9.17, 15) is 4.79 Å². The number of carbonyl (C=O) groups excluding carboxylic acids is 1. The first-order valence-corrected chi connectivity index (χ1v) is 6.22. The molecule has 1 aromatic rings. The minimum Gasteiger partial charge on any atom is -0.311 e. The fraction of sp³-hybridized carbons (Fsp3) is 0.500. The molecule has 3 heteroatoms. The third-order valence-electron chi connectivity index (χ3n) is 3.30. The van der Waals surface area contributed by atoms with E-state index in [0.29, 0.717) is 6.04 Å². The van der Waals surface area contributed by atoms with Crippen molar-refractivity contribution in [1.82, 2.24) is 5.32 Å². The predicted molar refractivity (Wildman–Crippen MR) is 70.2 cm³/mol. The molecule has 1 aromatic carbocycles. The highest BCUT2D eigenvalue weighted by molar-refractivity contribution is 5.97. The summed E-state index contributed by atoms with van der Waals surface area (Å²) in [5.41, 5.74) is 2.22. The summed E-state index contributed by atoms with van der Waals surface area (Å²) in [5.74, 6) is 0.165. The minimum atomic E-state index is -0.103. The summed E-state index contributed by atoms with van der Waals surface area (Å²) < 4.78 is 0. The molecule has 1 aliphatic rings. The van der Waals surface area contributed by atoms with Crippen LogP contribution in [0.1, 0.15) is 25.8 Å². The molecule has 2 unspecified atom stereocenters. The highest BCUT2D eigenvalue weighted by atomic mass is 16.2. The standard InChI is InChI=1S/C14H20N2O/c1-10-4-6-13(7-5-10)16-9-8-11(2)15-12(3)14(16)17/h4-7,11-12,15H,8-9H2,1-3H3. The molecule has 2 rings (SSSR count). The van der Waals surface area contributed by atoms with E-state index >= 15 is 0 Å². The molecule has 1 heterocycles. The SMILES string of the molecule is Cc1ccc(N2CCC(C)NC(C)C2=O)cc1. The molecule has 1 fully saturated rings. The van der Waals surface area contributed by atoms with Gasteiger partial charge in [0, 0.05) is 18.3 Å². The van der Waals surface area contributed by atoms with Gasteiger partial charge in [-0.05, 0) is 39.3 Å². The Morgan fingerprint density at radius 3 is 2.53 bits per heavy atom. The molecule has 0 spiro atoms. The average Bonchev–Trinajstić information content (AvgIpc) is 2.42. The molecule has 0 saturated carbocycles. The number of hydrogen-bond donors (Lipinski definition) is 1. The second kappa shape index (κ2) is 4.88. The number of amides is 1. The molecular formula is C14H20N2O. The van der Waals surface area contributed by atoms with Gasteiger partial charge in [0.1, 0.15) is 0 Å². The van der Waals surface area contributed by atoms with E-state index in [-0.39, 0.29) is 11.9 Å². The van der Waals surface area contributed by atoms with Crippen LogP contribution in [0.2, 0.25) is 0 Å². The van der Waals surface area contributed by atoms with Gasteiger partial charge in [-0.15, -0.1) is 0 Å². The first kappa shape index (κ1) is 12.1. The molecule has 1 saturated heterocycles. The maximum absolute atomic E-state index is 12.2. The lowest BCUT2D eigenvalue weighted by Crippen LogP contribution is -2.43. The van der Waals surface area contributed by atoms with Crippen LogP contribution in [0.25, 0.3) is 0 Å². The lowest BCUT2D eigenvalue weighted by atomic mass is 10.2. The van der Waals surface area contributed by atoms with Crippen LogP contribution in [-0.2, 0) is 4.79 Å². The Morgan fingerprint density at radius 1 is 1.24 bits per heavy atom. The summed E-state index contributed by atoms with van der Waals surface area (Å²) in [6.07, 6.45) is 0.990. The summed E-state index contributed by atoms with van der Waals surface area (Å²) in [4.78, 5) is 14.1. The van der Waals surface area contributed by atoms with Gasteiger partial charge in [0.2, 0.25) is 5.91 Å². The number of carbonyl (C=O) groups is 1. The number of aryl methyl sites for hydroxylation is 1. The quantitative estimate of drug-likeness (QED) is 0.804. The molecule has 0 radical (unpaired) electrons. The number of rotatable bonds is 1. The number of anilines is 1. The first-order valence-electron chi connectivity index (χ1n) is 6.22. The molecule has 1 aliphatic heterocycles. The zero-order valence-electron chi connectivity index (χ0n) is 10.7. The molecule has 0 bridgehead atoms. The summed E-state index contributed by atoms with van der Waals surface area (Å²) >= 11 is 0. The van der Waals surface area contributed by atoms with Crippen molar-refractivity contribution in [1.29, 1.82) is 0 Å². The van der Waals surface area contributed by atoms with E-state index in [1.54, 1.807) is 0 Å². The van der Waals surface area contributed by atoms with Crippen molar-refractivity contribution in [3.8, 4) is 0 Å². The topological polar surface area (TPSA) is 32.3 Å². The molecule has 1 N–H and O–H groups in total. The van der Waals surface area contributed by atoms with Gasteiger partial charge in [0.05, 0.1) is 6.04 Å². The summed E-state index contributed by atoms with van der Waals surface area (Å²) in [6.45, 7) is 6.91. The van der Waals surface area contributed by atoms with Gasteiger partial charge >= 0.3 is 0 Å². The van der Waals surface area contributed by atoms with Crippen LogP contribution in [0.4, 0.5) is 5.69 Å². The zero-order chi connectivity index (χ0) is 12.4. The highest BCUT2D eigenvalue weighted by Crippen LogP contribution is 2.19. The van der Waals surface area contributed by atoms with Gasteiger partial charge in [0.15, 0.2) is 0 Å². The van der Waals surface area contributed by atoms with Crippen LogP contribution in [0.5, 0.6) is 0 Å². The van der Waals surface area contributed by atoms with Crippen LogP contribution < -0.4 is 10.2 Å². The van der Waals surface area contributed by atoms with Crippen LogP contribution in [-0.4, -0.2) is 24.5 Å². The summed E-state index contributed by atoms with van der Waals surface area (Å²) in [5, 5.41) is 3.31. The van der Waals surface area contributed by atoms with Crippen LogP contribution in [0.15, 0.2) is 24.3 Å². The maximum atomic E-state index is 12.2. The molecule has 1 amide bonds. The number of nitrogens with one attached hydrogen (secondary N) is 1. The molecule has 0 aromatic heterocycles. The molecule has 0 aliphatic carbocycles. The van der Waals surface area contributed by atoms with Crippen molar-refractivity contribution in [2.24, 2.45) is 0 Å². The van der Waals surface area contributed by atoms with Crippen LogP contribution in [0, 0.1) is 6.92 Å². The van der Waals surface area contributed by atoms with Gasteiger partial charge in [-0.25, -0.2) is 0 Å². The van der Waals surface area contributed by atoms with Gasteiger partial charge in [-0.3, -0.25) is 4.79 Å². The van der Waals surface area contributed by atoms with E-state index in [1.807, 2.05) is 24.0 Å². The Hall–Kier alpha value is -1.35. The van der Waals surface area contributed by atoms with Crippen molar-refractivity contribution in [3.05, 3.63) is 29.8 Å². The third kappa shape index (κ3) is 2.67. The average molecular weight is 232 g/mol. The second-order valence-corrected chi connectivity index (χ2v) is 4.90. The Kier molecular flexibility index (Phi) is 3.48. The first-order chi connectivity index (χ1) is 8.08. The largest absolute Gasteiger partial charge is 0.311 e. The number of hydrogen-bond acceptors (Lipinski definition) is 2. The van der Waals surface area contributed by atoms with Crippen molar-refractivity contribution in [3.63, 3.8) is 0 Å².